The van der Waals surface area contributed by atoms with Crippen LogP contribution in [0.3, 0.4) is 0 Å². The highest BCUT2D eigenvalue weighted by molar-refractivity contribution is 5.81. The molecule has 1 heterocycles. The van der Waals surface area contributed by atoms with Gasteiger partial charge in [0.2, 0.25) is 0 Å². The van der Waals surface area contributed by atoms with Gasteiger partial charge in [-0.15, -0.1) is 0 Å². The molecule has 1 atom stereocenters. The number of benzene rings is 1. The minimum atomic E-state index is -0.398. The number of ether oxygens (including phenoxy) is 1. The fourth-order valence-corrected chi connectivity index (χ4v) is 4.26. The standard InChI is InChI=1S/C23H36N2O2/c1-2-22(27-21-13-12-19-10-5-6-11-20(19)18-21)23(26)24-14-9-17-25-15-7-3-4-8-16-25/h12-13,18,22H,2-11,14-17H2,1H3,(H,24,26). The largest absolute Gasteiger partial charge is 0.481 e. The Bertz CT molecular complexity index is 594. The molecule has 1 aliphatic heterocycles. The van der Waals surface area contributed by atoms with Crippen molar-refractivity contribution in [2.24, 2.45) is 0 Å². The molecule has 1 unspecified atom stereocenters. The van der Waals surface area contributed by atoms with Crippen LogP contribution >= 0.6 is 0 Å². The molecule has 4 nitrogen and oxygen atoms in total. The predicted molar refractivity (Wildman–Crippen MR) is 110 cm³/mol. The van der Waals surface area contributed by atoms with Crippen LogP contribution in [0.1, 0.15) is 69.4 Å². The van der Waals surface area contributed by atoms with Crippen LogP contribution in [0.4, 0.5) is 0 Å². The molecule has 0 spiro atoms. The van der Waals surface area contributed by atoms with Gasteiger partial charge in [0, 0.05) is 6.54 Å². The van der Waals surface area contributed by atoms with E-state index in [-0.39, 0.29) is 5.91 Å². The van der Waals surface area contributed by atoms with E-state index in [0.717, 1.165) is 31.7 Å². The van der Waals surface area contributed by atoms with Crippen LogP contribution in [0.15, 0.2) is 18.2 Å². The summed E-state index contributed by atoms with van der Waals surface area (Å²) in [6, 6.07) is 6.35. The van der Waals surface area contributed by atoms with E-state index >= 15 is 0 Å². The van der Waals surface area contributed by atoms with Gasteiger partial charge in [-0.3, -0.25) is 4.79 Å². The molecular weight excluding hydrogens is 336 g/mol. The summed E-state index contributed by atoms with van der Waals surface area (Å²) in [4.78, 5) is 15.1. The number of aryl methyl sites for hydroxylation is 2. The third-order valence-corrected chi connectivity index (χ3v) is 5.91. The van der Waals surface area contributed by atoms with Crippen molar-refractivity contribution in [1.82, 2.24) is 10.2 Å². The van der Waals surface area contributed by atoms with Crippen LogP contribution < -0.4 is 10.1 Å². The van der Waals surface area contributed by atoms with E-state index in [0.29, 0.717) is 6.42 Å². The zero-order valence-corrected chi connectivity index (χ0v) is 17.0. The Kier molecular flexibility index (Phi) is 8.00. The number of hydrogen-bond donors (Lipinski definition) is 1. The van der Waals surface area contributed by atoms with E-state index < -0.39 is 6.10 Å². The molecule has 1 N–H and O–H groups in total. The first-order valence-electron chi connectivity index (χ1n) is 11.0. The molecular formula is C23H36N2O2. The summed E-state index contributed by atoms with van der Waals surface area (Å²) in [7, 11) is 0. The molecule has 1 fully saturated rings. The van der Waals surface area contributed by atoms with Gasteiger partial charge < -0.3 is 15.0 Å². The molecule has 0 aromatic heterocycles. The lowest BCUT2D eigenvalue weighted by Gasteiger charge is -2.21. The minimum absolute atomic E-state index is 0.0195. The smallest absolute Gasteiger partial charge is 0.261 e. The summed E-state index contributed by atoms with van der Waals surface area (Å²) < 4.78 is 6.03. The highest BCUT2D eigenvalue weighted by atomic mass is 16.5. The Balaban J connectivity index is 1.42. The van der Waals surface area contributed by atoms with Crippen LogP contribution in [0.2, 0.25) is 0 Å². The first-order valence-corrected chi connectivity index (χ1v) is 11.0. The molecule has 1 aliphatic carbocycles. The lowest BCUT2D eigenvalue weighted by atomic mass is 9.92. The van der Waals surface area contributed by atoms with Crippen molar-refractivity contribution in [1.29, 1.82) is 0 Å². The minimum Gasteiger partial charge on any atom is -0.481 e. The predicted octanol–water partition coefficient (Wildman–Crippen LogP) is 4.11. The Hall–Kier alpha value is -1.55. The molecule has 0 bridgehead atoms. The number of nitrogens with one attached hydrogen (secondary N) is 1. The number of likely N-dealkylation sites (tertiary alicyclic amines) is 1. The van der Waals surface area contributed by atoms with E-state index in [9.17, 15) is 4.79 Å². The van der Waals surface area contributed by atoms with E-state index in [1.807, 2.05) is 13.0 Å². The van der Waals surface area contributed by atoms with Crippen molar-refractivity contribution in [3.63, 3.8) is 0 Å². The van der Waals surface area contributed by atoms with E-state index in [1.165, 1.54) is 69.2 Å². The molecule has 0 radical (unpaired) electrons. The lowest BCUT2D eigenvalue weighted by molar-refractivity contribution is -0.128. The number of hydrogen-bond acceptors (Lipinski definition) is 3. The Morgan fingerprint density at radius 3 is 2.56 bits per heavy atom. The van der Waals surface area contributed by atoms with Crippen LogP contribution in [0.25, 0.3) is 0 Å². The van der Waals surface area contributed by atoms with Crippen LogP contribution in [0, 0.1) is 0 Å². The van der Waals surface area contributed by atoms with Crippen molar-refractivity contribution in [2.75, 3.05) is 26.2 Å². The highest BCUT2D eigenvalue weighted by Crippen LogP contribution is 2.26. The van der Waals surface area contributed by atoms with Gasteiger partial charge in [0.25, 0.3) is 5.91 Å². The van der Waals surface area contributed by atoms with E-state index in [1.54, 1.807) is 0 Å². The Morgan fingerprint density at radius 1 is 1.07 bits per heavy atom. The van der Waals surface area contributed by atoms with Gasteiger partial charge in [0.1, 0.15) is 5.75 Å². The average molecular weight is 373 g/mol. The van der Waals surface area contributed by atoms with E-state index in [4.69, 9.17) is 4.74 Å². The first-order chi connectivity index (χ1) is 13.3. The normalized spacial score (nSPS) is 19.0. The maximum absolute atomic E-state index is 12.5. The Labute approximate surface area is 164 Å². The number of fused-ring (bicyclic) bond motifs is 1. The van der Waals surface area contributed by atoms with Crippen LogP contribution in [-0.4, -0.2) is 43.1 Å². The Morgan fingerprint density at radius 2 is 1.81 bits per heavy atom. The monoisotopic (exact) mass is 372 g/mol. The molecule has 150 valence electrons. The second kappa shape index (κ2) is 10.7. The molecule has 2 aliphatic rings. The molecule has 1 saturated heterocycles. The second-order valence-corrected chi connectivity index (χ2v) is 8.05. The maximum Gasteiger partial charge on any atom is 0.261 e. The summed E-state index contributed by atoms with van der Waals surface area (Å²) in [5, 5.41) is 3.08. The highest BCUT2D eigenvalue weighted by Gasteiger charge is 2.19. The number of amides is 1. The fourth-order valence-electron chi connectivity index (χ4n) is 4.26. The molecule has 1 aromatic rings. The SMILES string of the molecule is CCC(Oc1ccc2c(c1)CCCC2)C(=O)NCCCN1CCCCCC1. The zero-order chi connectivity index (χ0) is 18.9. The van der Waals surface area contributed by atoms with Gasteiger partial charge in [-0.2, -0.15) is 0 Å². The number of carbonyl (C=O) groups is 1. The third-order valence-electron chi connectivity index (χ3n) is 5.91. The van der Waals surface area contributed by atoms with Crippen molar-refractivity contribution in [3.05, 3.63) is 29.3 Å². The van der Waals surface area contributed by atoms with Crippen molar-refractivity contribution in [2.45, 2.75) is 77.2 Å². The average Bonchev–Trinajstić information content (AvgIpc) is 2.98. The van der Waals surface area contributed by atoms with E-state index in [2.05, 4.69) is 22.3 Å². The third kappa shape index (κ3) is 6.24. The number of carbonyl (C=O) groups excluding carboxylic acids is 1. The lowest BCUT2D eigenvalue weighted by Crippen LogP contribution is -2.39. The molecule has 27 heavy (non-hydrogen) atoms. The van der Waals surface area contributed by atoms with Crippen LogP contribution in [0.5, 0.6) is 5.75 Å². The zero-order valence-electron chi connectivity index (χ0n) is 17.0. The van der Waals surface area contributed by atoms with Gasteiger partial charge in [0.15, 0.2) is 6.10 Å². The fraction of sp³-hybridized carbons (Fsp3) is 0.696. The van der Waals surface area contributed by atoms with Crippen molar-refractivity contribution >= 4 is 5.91 Å². The molecule has 1 amide bonds. The van der Waals surface area contributed by atoms with Crippen LogP contribution in [-0.2, 0) is 17.6 Å². The summed E-state index contributed by atoms with van der Waals surface area (Å²) in [5.74, 6) is 0.855. The molecule has 0 saturated carbocycles. The van der Waals surface area contributed by atoms with Crippen molar-refractivity contribution in [3.8, 4) is 5.75 Å². The topological polar surface area (TPSA) is 41.6 Å². The van der Waals surface area contributed by atoms with Gasteiger partial charge in [-0.1, -0.05) is 25.8 Å². The van der Waals surface area contributed by atoms with Gasteiger partial charge in [-0.25, -0.2) is 0 Å². The van der Waals surface area contributed by atoms with Gasteiger partial charge in [0.05, 0.1) is 0 Å². The molecule has 1 aromatic carbocycles. The van der Waals surface area contributed by atoms with Gasteiger partial charge in [-0.05, 0) is 94.3 Å². The number of rotatable bonds is 8. The second-order valence-electron chi connectivity index (χ2n) is 8.05. The van der Waals surface area contributed by atoms with Gasteiger partial charge >= 0.3 is 0 Å². The molecule has 4 heteroatoms. The summed E-state index contributed by atoms with van der Waals surface area (Å²) >= 11 is 0. The summed E-state index contributed by atoms with van der Waals surface area (Å²) in [6.45, 7) is 6.27. The van der Waals surface area contributed by atoms with Crippen molar-refractivity contribution < 1.29 is 9.53 Å². The molecule has 3 rings (SSSR count). The quantitative estimate of drug-likeness (QED) is 0.699. The summed E-state index contributed by atoms with van der Waals surface area (Å²) in [6.07, 6.45) is 11.5. The first kappa shape index (κ1) is 20.2. The summed E-state index contributed by atoms with van der Waals surface area (Å²) in [5.41, 5.74) is 2.84. The number of nitrogens with zero attached hydrogens (tertiary/aromatic N) is 1. The maximum atomic E-state index is 12.5.